The number of aryl methyl sites for hydroxylation is 1. The Morgan fingerprint density at radius 2 is 1.80 bits per heavy atom. The largest absolute Gasteiger partial charge is 0.619 e. The fourth-order valence-electron chi connectivity index (χ4n) is 3.71. The Hall–Kier alpha value is -3.73. The zero-order valence-corrected chi connectivity index (χ0v) is 16.8. The van der Waals surface area contributed by atoms with E-state index in [1.54, 1.807) is 12.3 Å². The van der Waals surface area contributed by atoms with Crippen LogP contribution in [0.2, 0.25) is 0 Å². The Morgan fingerprint density at radius 3 is 2.60 bits per heavy atom. The standard InChI is InChI=1S/C25H23N3O2/c1-18-23(25(29)26-15-7-9-19-10-8-16-28(30)17-19)21-13-5-6-14-22(21)27-24(18)20-11-3-2-4-12-20/h2-6,8,10-14,16-17H,7,9,15H2,1H3,(H,26,29). The molecule has 0 radical (unpaired) electrons. The molecule has 0 aliphatic carbocycles. The molecule has 0 saturated heterocycles. The zero-order chi connectivity index (χ0) is 20.9. The third kappa shape index (κ3) is 4.15. The zero-order valence-electron chi connectivity index (χ0n) is 16.8. The van der Waals surface area contributed by atoms with E-state index in [1.165, 1.54) is 6.20 Å². The molecular weight excluding hydrogens is 374 g/mol. The highest BCUT2D eigenvalue weighted by molar-refractivity contribution is 6.08. The minimum Gasteiger partial charge on any atom is -0.619 e. The van der Waals surface area contributed by atoms with Gasteiger partial charge in [-0.3, -0.25) is 4.79 Å². The normalized spacial score (nSPS) is 10.8. The quantitative estimate of drug-likeness (QED) is 0.301. The molecule has 0 atom stereocenters. The van der Waals surface area contributed by atoms with Crippen LogP contribution in [0.4, 0.5) is 0 Å². The van der Waals surface area contributed by atoms with Crippen LogP contribution in [0.5, 0.6) is 0 Å². The van der Waals surface area contributed by atoms with Crippen molar-refractivity contribution in [2.45, 2.75) is 19.8 Å². The molecule has 2 heterocycles. The lowest BCUT2D eigenvalue weighted by atomic mass is 9.97. The first-order valence-corrected chi connectivity index (χ1v) is 10.0. The van der Waals surface area contributed by atoms with Gasteiger partial charge in [0.25, 0.3) is 5.91 Å². The van der Waals surface area contributed by atoms with Crippen LogP contribution in [0.15, 0.2) is 79.1 Å². The number of benzene rings is 2. The Kier molecular flexibility index (Phi) is 5.70. The molecule has 2 aromatic heterocycles. The van der Waals surface area contributed by atoms with Gasteiger partial charge in [-0.25, -0.2) is 4.98 Å². The molecule has 0 bridgehead atoms. The lowest BCUT2D eigenvalue weighted by Crippen LogP contribution is -2.27. The highest BCUT2D eigenvalue weighted by atomic mass is 16.5. The number of carbonyl (C=O) groups is 1. The molecule has 2 aromatic carbocycles. The SMILES string of the molecule is Cc1c(-c2ccccc2)nc2ccccc2c1C(=O)NCCCc1ccc[n+]([O-])c1. The van der Waals surface area contributed by atoms with Crippen LogP contribution in [0.25, 0.3) is 22.2 Å². The van der Waals surface area contributed by atoms with Crippen LogP contribution in [-0.4, -0.2) is 17.4 Å². The molecule has 0 saturated carbocycles. The van der Waals surface area contributed by atoms with Crippen LogP contribution < -0.4 is 10.0 Å². The van der Waals surface area contributed by atoms with Crippen LogP contribution in [-0.2, 0) is 6.42 Å². The number of aromatic nitrogens is 2. The smallest absolute Gasteiger partial charge is 0.252 e. The van der Waals surface area contributed by atoms with E-state index in [9.17, 15) is 10.0 Å². The van der Waals surface area contributed by atoms with E-state index in [0.29, 0.717) is 12.1 Å². The Balaban J connectivity index is 1.57. The maximum Gasteiger partial charge on any atom is 0.252 e. The first-order valence-electron chi connectivity index (χ1n) is 10.0. The Morgan fingerprint density at radius 1 is 1.03 bits per heavy atom. The number of nitrogens with one attached hydrogen (secondary N) is 1. The number of nitrogens with zero attached hydrogens (tertiary/aromatic N) is 2. The van der Waals surface area contributed by atoms with E-state index in [4.69, 9.17) is 4.98 Å². The highest BCUT2D eigenvalue weighted by Crippen LogP contribution is 2.29. The number of rotatable bonds is 6. The number of pyridine rings is 2. The summed E-state index contributed by atoms with van der Waals surface area (Å²) >= 11 is 0. The summed E-state index contributed by atoms with van der Waals surface area (Å²) in [7, 11) is 0. The summed E-state index contributed by atoms with van der Waals surface area (Å²) in [5, 5.41) is 15.3. The van der Waals surface area contributed by atoms with Crippen molar-refractivity contribution < 1.29 is 9.52 Å². The molecule has 0 aliphatic heterocycles. The summed E-state index contributed by atoms with van der Waals surface area (Å²) in [5.74, 6) is -0.102. The van der Waals surface area contributed by atoms with Crippen molar-refractivity contribution in [2.75, 3.05) is 6.54 Å². The van der Waals surface area contributed by atoms with Crippen molar-refractivity contribution in [2.24, 2.45) is 0 Å². The summed E-state index contributed by atoms with van der Waals surface area (Å²) in [5.41, 5.74) is 5.10. The van der Waals surface area contributed by atoms with Crippen molar-refractivity contribution in [3.8, 4) is 11.3 Å². The molecule has 0 spiro atoms. The number of hydrogen-bond donors (Lipinski definition) is 1. The summed E-state index contributed by atoms with van der Waals surface area (Å²) in [6.45, 7) is 2.48. The predicted octanol–water partition coefficient (Wildman–Crippen LogP) is 4.21. The van der Waals surface area contributed by atoms with Gasteiger partial charge in [-0.05, 0) is 37.5 Å². The van der Waals surface area contributed by atoms with Crippen LogP contribution in [0, 0.1) is 12.1 Å². The van der Waals surface area contributed by atoms with E-state index < -0.39 is 0 Å². The monoisotopic (exact) mass is 397 g/mol. The van der Waals surface area contributed by atoms with Gasteiger partial charge in [0.1, 0.15) is 0 Å². The Bertz CT molecular complexity index is 1190. The van der Waals surface area contributed by atoms with Crippen LogP contribution >= 0.6 is 0 Å². The van der Waals surface area contributed by atoms with Crippen molar-refractivity contribution in [1.29, 1.82) is 0 Å². The van der Waals surface area contributed by atoms with Gasteiger partial charge >= 0.3 is 0 Å². The van der Waals surface area contributed by atoms with Gasteiger partial charge in [-0.1, -0.05) is 48.5 Å². The second-order valence-corrected chi connectivity index (χ2v) is 7.28. The summed E-state index contributed by atoms with van der Waals surface area (Å²) in [6.07, 6.45) is 4.51. The van der Waals surface area contributed by atoms with Gasteiger partial charge in [0, 0.05) is 29.1 Å². The molecule has 0 fully saturated rings. The topological polar surface area (TPSA) is 68.9 Å². The minimum atomic E-state index is -0.102. The average Bonchev–Trinajstić information content (AvgIpc) is 2.77. The van der Waals surface area contributed by atoms with Crippen LogP contribution in [0.3, 0.4) is 0 Å². The summed E-state index contributed by atoms with van der Waals surface area (Å²) in [4.78, 5) is 18.0. The number of para-hydroxylation sites is 1. The third-order valence-electron chi connectivity index (χ3n) is 5.17. The lowest BCUT2D eigenvalue weighted by Gasteiger charge is -2.15. The molecule has 4 rings (SSSR count). The van der Waals surface area contributed by atoms with Gasteiger partial charge in [0.15, 0.2) is 12.4 Å². The van der Waals surface area contributed by atoms with E-state index in [2.05, 4.69) is 5.32 Å². The molecule has 1 N–H and O–H groups in total. The fourth-order valence-corrected chi connectivity index (χ4v) is 3.71. The number of fused-ring (bicyclic) bond motifs is 1. The van der Waals surface area contributed by atoms with Gasteiger partial charge in [-0.15, -0.1) is 0 Å². The maximum atomic E-state index is 13.1. The molecular formula is C25H23N3O2. The molecule has 30 heavy (non-hydrogen) atoms. The molecule has 0 aliphatic rings. The fraction of sp³-hybridized carbons (Fsp3) is 0.160. The van der Waals surface area contributed by atoms with Crippen molar-refractivity contribution in [3.05, 3.63) is 101 Å². The van der Waals surface area contributed by atoms with Crippen LogP contribution in [0.1, 0.15) is 27.9 Å². The first kappa shape index (κ1) is 19.6. The minimum absolute atomic E-state index is 0.102. The Labute approximate surface area is 175 Å². The average molecular weight is 397 g/mol. The first-order chi connectivity index (χ1) is 14.6. The molecule has 5 heteroatoms. The second-order valence-electron chi connectivity index (χ2n) is 7.28. The molecule has 1 amide bonds. The number of carbonyl (C=O) groups excluding carboxylic acids is 1. The predicted molar refractivity (Wildman–Crippen MR) is 118 cm³/mol. The number of hydrogen-bond acceptors (Lipinski definition) is 3. The summed E-state index contributed by atoms with van der Waals surface area (Å²) in [6, 6.07) is 21.3. The third-order valence-corrected chi connectivity index (χ3v) is 5.17. The number of amides is 1. The summed E-state index contributed by atoms with van der Waals surface area (Å²) < 4.78 is 0.797. The maximum absolute atomic E-state index is 13.1. The van der Waals surface area contributed by atoms with Crippen molar-refractivity contribution in [1.82, 2.24) is 10.3 Å². The molecule has 4 aromatic rings. The van der Waals surface area contributed by atoms with Gasteiger partial charge in [0.2, 0.25) is 0 Å². The van der Waals surface area contributed by atoms with Gasteiger partial charge in [-0.2, -0.15) is 4.73 Å². The van der Waals surface area contributed by atoms with E-state index in [1.807, 2.05) is 67.6 Å². The van der Waals surface area contributed by atoms with Crippen molar-refractivity contribution >= 4 is 16.8 Å². The van der Waals surface area contributed by atoms with E-state index in [0.717, 1.165) is 50.9 Å². The van der Waals surface area contributed by atoms with Gasteiger partial charge < -0.3 is 10.5 Å². The van der Waals surface area contributed by atoms with Gasteiger partial charge in [0.05, 0.1) is 16.8 Å². The van der Waals surface area contributed by atoms with E-state index in [-0.39, 0.29) is 5.91 Å². The lowest BCUT2D eigenvalue weighted by molar-refractivity contribution is -0.605. The van der Waals surface area contributed by atoms with Crippen molar-refractivity contribution in [3.63, 3.8) is 0 Å². The molecule has 0 unspecified atom stereocenters. The van der Waals surface area contributed by atoms with E-state index >= 15 is 0 Å². The molecule has 150 valence electrons. The molecule has 5 nitrogen and oxygen atoms in total. The highest BCUT2D eigenvalue weighted by Gasteiger charge is 2.18. The second kappa shape index (κ2) is 8.74.